The van der Waals surface area contributed by atoms with Crippen LogP contribution in [0.25, 0.3) is 22.6 Å². The molecule has 1 aliphatic rings. The van der Waals surface area contributed by atoms with E-state index in [0.717, 1.165) is 24.0 Å². The monoisotopic (exact) mass is 481 g/mol. The second kappa shape index (κ2) is 8.65. The summed E-state index contributed by atoms with van der Waals surface area (Å²) in [5.41, 5.74) is 2.83. The highest BCUT2D eigenvalue weighted by molar-refractivity contribution is 6.30. The third kappa shape index (κ3) is 4.51. The molecule has 2 aromatic heterocycles. The number of benzene rings is 2. The van der Waals surface area contributed by atoms with Crippen LogP contribution in [0.2, 0.25) is 10.0 Å². The summed E-state index contributed by atoms with van der Waals surface area (Å²) in [5, 5.41) is 14.3. The van der Waals surface area contributed by atoms with Crippen molar-refractivity contribution in [3.8, 4) is 11.4 Å². The van der Waals surface area contributed by atoms with Gasteiger partial charge in [-0.15, -0.1) is 0 Å². The van der Waals surface area contributed by atoms with Gasteiger partial charge in [0.2, 0.25) is 5.82 Å². The minimum atomic E-state index is -1.20. The zero-order chi connectivity index (χ0) is 23.1. The van der Waals surface area contributed by atoms with Crippen LogP contribution in [-0.2, 0) is 6.54 Å². The first-order chi connectivity index (χ1) is 15.9. The minimum absolute atomic E-state index is 0.155. The molecule has 0 spiro atoms. The number of carboxylic acid groups (broad SMARTS) is 1. The first-order valence-corrected chi connectivity index (χ1v) is 11.4. The fourth-order valence-electron chi connectivity index (χ4n) is 3.91. The van der Waals surface area contributed by atoms with Crippen molar-refractivity contribution < 1.29 is 9.90 Å². The highest BCUT2D eigenvalue weighted by Gasteiger charge is 2.30. The van der Waals surface area contributed by atoms with E-state index in [2.05, 4.69) is 22.2 Å². The molecule has 1 fully saturated rings. The van der Waals surface area contributed by atoms with Gasteiger partial charge in [-0.05, 0) is 67.6 Å². The molecule has 7 nitrogen and oxygen atoms in total. The lowest BCUT2D eigenvalue weighted by Crippen LogP contribution is -2.20. The lowest BCUT2D eigenvalue weighted by Gasteiger charge is -2.17. The molecule has 4 aromatic rings. The molecule has 1 atom stereocenters. The van der Waals surface area contributed by atoms with Crippen LogP contribution in [0.5, 0.6) is 0 Å². The van der Waals surface area contributed by atoms with Crippen molar-refractivity contribution in [2.24, 2.45) is 5.92 Å². The zero-order valence-corrected chi connectivity index (χ0v) is 19.3. The second-order valence-corrected chi connectivity index (χ2v) is 9.17. The largest absolute Gasteiger partial charge is 0.475 e. The van der Waals surface area contributed by atoms with Crippen LogP contribution in [0.15, 0.2) is 48.5 Å². The van der Waals surface area contributed by atoms with Crippen LogP contribution in [0, 0.1) is 5.92 Å². The maximum Gasteiger partial charge on any atom is 0.374 e. The number of aromatic carboxylic acids is 1. The van der Waals surface area contributed by atoms with E-state index in [-0.39, 0.29) is 11.9 Å². The van der Waals surface area contributed by atoms with Gasteiger partial charge < -0.3 is 15.0 Å². The summed E-state index contributed by atoms with van der Waals surface area (Å²) in [6.07, 6.45) is 2.29. The lowest BCUT2D eigenvalue weighted by atomic mass is 10.2. The van der Waals surface area contributed by atoms with Crippen LogP contribution in [0.4, 0.5) is 5.82 Å². The molecular weight excluding hydrogens is 461 g/mol. The van der Waals surface area contributed by atoms with E-state index >= 15 is 0 Å². The first kappa shape index (κ1) is 21.7. The molecule has 33 heavy (non-hydrogen) atoms. The molecule has 9 heteroatoms. The van der Waals surface area contributed by atoms with E-state index in [0.29, 0.717) is 45.3 Å². The van der Waals surface area contributed by atoms with Crippen molar-refractivity contribution in [2.75, 3.05) is 5.32 Å². The molecule has 168 valence electrons. The van der Waals surface area contributed by atoms with Gasteiger partial charge in [0.05, 0.1) is 0 Å². The number of nitrogens with zero attached hydrogens (tertiary/aromatic N) is 4. The molecule has 5 rings (SSSR count). The van der Waals surface area contributed by atoms with Gasteiger partial charge in [-0.3, -0.25) is 0 Å². The number of halogens is 2. The summed E-state index contributed by atoms with van der Waals surface area (Å²) in [7, 11) is 0. The Kier molecular flexibility index (Phi) is 5.68. The zero-order valence-electron chi connectivity index (χ0n) is 17.8. The van der Waals surface area contributed by atoms with E-state index in [4.69, 9.17) is 28.2 Å². The first-order valence-electron chi connectivity index (χ1n) is 10.7. The predicted octanol–water partition coefficient (Wildman–Crippen LogP) is 5.76. The van der Waals surface area contributed by atoms with Crippen molar-refractivity contribution in [3.05, 3.63) is 70.0 Å². The third-order valence-corrected chi connectivity index (χ3v) is 6.35. The molecule has 2 heterocycles. The molecule has 0 amide bonds. The van der Waals surface area contributed by atoms with Gasteiger partial charge in [0.1, 0.15) is 11.3 Å². The topological polar surface area (TPSA) is 92.9 Å². The van der Waals surface area contributed by atoms with Crippen LogP contribution < -0.4 is 5.32 Å². The highest BCUT2D eigenvalue weighted by Crippen LogP contribution is 2.36. The van der Waals surface area contributed by atoms with E-state index < -0.39 is 5.97 Å². The Morgan fingerprint density at radius 3 is 2.30 bits per heavy atom. The normalized spacial score (nSPS) is 14.4. The number of nitrogens with one attached hydrogen (secondary N) is 1. The number of aromatic nitrogens is 4. The van der Waals surface area contributed by atoms with Crippen molar-refractivity contribution >= 4 is 46.2 Å². The highest BCUT2D eigenvalue weighted by atomic mass is 35.5. The Balaban J connectivity index is 1.72. The summed E-state index contributed by atoms with van der Waals surface area (Å²) in [5.74, 6) is 0.187. The van der Waals surface area contributed by atoms with Crippen LogP contribution in [0.1, 0.15) is 35.9 Å². The lowest BCUT2D eigenvalue weighted by molar-refractivity contribution is 0.0684. The fraction of sp³-hybridized carbons (Fsp3) is 0.250. The molecule has 0 radical (unpaired) electrons. The number of carbonyl (C=O) groups is 1. The smallest absolute Gasteiger partial charge is 0.374 e. The maximum atomic E-state index is 11.7. The van der Waals surface area contributed by atoms with E-state index in [1.54, 1.807) is 12.1 Å². The summed E-state index contributed by atoms with van der Waals surface area (Å²) in [6, 6.07) is 15.1. The number of hydrogen-bond donors (Lipinski definition) is 2. The average molecular weight is 482 g/mol. The van der Waals surface area contributed by atoms with Gasteiger partial charge in [0, 0.05) is 28.2 Å². The molecule has 0 aliphatic heterocycles. The maximum absolute atomic E-state index is 11.7. The van der Waals surface area contributed by atoms with Crippen LogP contribution >= 0.6 is 23.2 Å². The Bertz CT molecular complexity index is 1330. The van der Waals surface area contributed by atoms with Crippen molar-refractivity contribution in [2.45, 2.75) is 32.4 Å². The van der Waals surface area contributed by atoms with Gasteiger partial charge in [0.25, 0.3) is 0 Å². The Hall–Kier alpha value is -3.16. The predicted molar refractivity (Wildman–Crippen MR) is 129 cm³/mol. The summed E-state index contributed by atoms with van der Waals surface area (Å²) >= 11 is 12.2. The quantitative estimate of drug-likeness (QED) is 0.348. The average Bonchev–Trinajstić information content (AvgIpc) is 3.58. The van der Waals surface area contributed by atoms with Crippen LogP contribution in [0.3, 0.4) is 0 Å². The van der Waals surface area contributed by atoms with E-state index in [9.17, 15) is 9.90 Å². The second-order valence-electron chi connectivity index (χ2n) is 8.30. The van der Waals surface area contributed by atoms with Gasteiger partial charge in [-0.25, -0.2) is 19.7 Å². The van der Waals surface area contributed by atoms with Crippen molar-refractivity contribution in [3.63, 3.8) is 0 Å². The van der Waals surface area contributed by atoms with Gasteiger partial charge in [-0.1, -0.05) is 35.3 Å². The van der Waals surface area contributed by atoms with E-state index in [1.807, 2.05) is 41.0 Å². The van der Waals surface area contributed by atoms with Crippen LogP contribution in [-0.4, -0.2) is 36.6 Å². The molecule has 2 N–H and O–H groups in total. The minimum Gasteiger partial charge on any atom is -0.475 e. The van der Waals surface area contributed by atoms with Crippen molar-refractivity contribution in [1.29, 1.82) is 0 Å². The third-order valence-electron chi connectivity index (χ3n) is 5.84. The summed E-state index contributed by atoms with van der Waals surface area (Å²) in [6.45, 7) is 2.57. The standard InChI is InChI=1S/C24H21Cl2N5O2/c1-13(15-4-5-15)27-20-19-21(29-22(28-20)24(32)33)30-23(16-6-10-18(26)11-7-16)31(19)12-14-2-8-17(25)9-3-14/h2-3,6-11,13,15H,4-5,12H2,1H3,(H,32,33)(H,27,28,29). The molecule has 0 bridgehead atoms. The summed E-state index contributed by atoms with van der Waals surface area (Å²) in [4.78, 5) is 25.1. The Morgan fingerprint density at radius 1 is 1.06 bits per heavy atom. The molecule has 0 saturated heterocycles. The Labute approximate surface area is 200 Å². The van der Waals surface area contributed by atoms with Crippen molar-refractivity contribution in [1.82, 2.24) is 19.5 Å². The fourth-order valence-corrected chi connectivity index (χ4v) is 4.16. The number of anilines is 1. The SMILES string of the molecule is CC(Nc1nc(C(=O)O)nc2nc(-c3ccc(Cl)cc3)n(Cc3ccc(Cl)cc3)c12)C1CC1. The van der Waals surface area contributed by atoms with Gasteiger partial charge >= 0.3 is 5.97 Å². The summed E-state index contributed by atoms with van der Waals surface area (Å²) < 4.78 is 2.01. The molecule has 1 saturated carbocycles. The number of imidazole rings is 1. The molecular formula is C24H21Cl2N5O2. The molecule has 1 unspecified atom stereocenters. The van der Waals surface area contributed by atoms with E-state index in [1.165, 1.54) is 0 Å². The number of rotatable bonds is 7. The van der Waals surface area contributed by atoms with Gasteiger partial charge in [0.15, 0.2) is 11.5 Å². The molecule has 1 aliphatic carbocycles. The van der Waals surface area contributed by atoms with Gasteiger partial charge in [-0.2, -0.15) is 0 Å². The number of fused-ring (bicyclic) bond motifs is 1. The number of carboxylic acids is 1. The molecule has 2 aromatic carbocycles. The number of hydrogen-bond acceptors (Lipinski definition) is 5. The Morgan fingerprint density at radius 2 is 1.70 bits per heavy atom.